The maximum Gasteiger partial charge on any atom is 0.514 e. The smallest absolute Gasteiger partial charge is 0.393 e. The van der Waals surface area contributed by atoms with E-state index in [1.807, 2.05) is 0 Å². The van der Waals surface area contributed by atoms with Crippen LogP contribution in [0.2, 0.25) is 0 Å². The highest BCUT2D eigenvalue weighted by Crippen LogP contribution is 2.39. The molecule has 0 aromatic heterocycles. The summed E-state index contributed by atoms with van der Waals surface area (Å²) >= 11 is 0. The molecule has 0 aromatic carbocycles. The minimum absolute atomic E-state index is 0.247. The molecule has 0 amide bonds. The first-order valence-corrected chi connectivity index (χ1v) is 3.80. The van der Waals surface area contributed by atoms with Gasteiger partial charge in [-0.25, -0.2) is 4.79 Å². The highest BCUT2D eigenvalue weighted by molar-refractivity contribution is 5.65. The molecule has 1 N–H and O–H groups in total. The Bertz CT molecular complexity index is 171. The summed E-state index contributed by atoms with van der Waals surface area (Å²) < 4.78 is 9.69. The van der Waals surface area contributed by atoms with E-state index in [9.17, 15) is 4.79 Å². The van der Waals surface area contributed by atoms with Gasteiger partial charge in [0.15, 0.2) is 0 Å². The van der Waals surface area contributed by atoms with Gasteiger partial charge in [0.25, 0.3) is 5.79 Å². The van der Waals surface area contributed by atoms with Gasteiger partial charge in [-0.3, -0.25) is 0 Å². The quantitative estimate of drug-likeness (QED) is 0.529. The van der Waals surface area contributed by atoms with Crippen molar-refractivity contribution in [1.29, 1.82) is 0 Å². The van der Waals surface area contributed by atoms with Crippen LogP contribution in [0.25, 0.3) is 0 Å². The number of carbonyl (C=O) groups is 1. The van der Waals surface area contributed by atoms with Crippen LogP contribution in [0.5, 0.6) is 0 Å². The second kappa shape index (κ2) is 2.11. The first kappa shape index (κ1) is 6.91. The topological polar surface area (TPSA) is 55.8 Å². The zero-order chi connectivity index (χ0) is 7.90. The fourth-order valence-corrected chi connectivity index (χ4v) is 1.56. The maximum atomic E-state index is 10.3. The summed E-state index contributed by atoms with van der Waals surface area (Å²) in [5.74, 6) is -0.656. The third-order valence-electron chi connectivity index (χ3n) is 2.26. The van der Waals surface area contributed by atoms with Gasteiger partial charge in [0.05, 0.1) is 6.10 Å². The molecule has 0 atom stereocenters. The SMILES string of the molecule is O=C1OC2(CCC(O)CC2)O1. The lowest BCUT2D eigenvalue weighted by atomic mass is 9.91. The van der Waals surface area contributed by atoms with E-state index < -0.39 is 11.9 Å². The second-order valence-corrected chi connectivity index (χ2v) is 3.10. The molecule has 2 aliphatic rings. The molecule has 1 heterocycles. The average Bonchev–Trinajstić information content (AvgIpc) is 1.92. The molecule has 0 radical (unpaired) electrons. The lowest BCUT2D eigenvalue weighted by molar-refractivity contribution is -0.289. The second-order valence-electron chi connectivity index (χ2n) is 3.10. The van der Waals surface area contributed by atoms with Crippen LogP contribution in [0.15, 0.2) is 0 Å². The molecule has 4 heteroatoms. The summed E-state index contributed by atoms with van der Waals surface area (Å²) in [4.78, 5) is 10.3. The Labute approximate surface area is 64.1 Å². The Balaban J connectivity index is 1.92. The summed E-state index contributed by atoms with van der Waals surface area (Å²) in [7, 11) is 0. The van der Waals surface area contributed by atoms with Crippen molar-refractivity contribution < 1.29 is 19.4 Å². The number of carbonyl (C=O) groups excluding carboxylic acids is 1. The van der Waals surface area contributed by atoms with E-state index in [0.717, 1.165) is 0 Å². The molecule has 1 aliphatic heterocycles. The summed E-state index contributed by atoms with van der Waals surface area (Å²) in [5, 5.41) is 9.13. The molecular weight excluding hydrogens is 148 g/mol. The molecule has 1 saturated heterocycles. The minimum atomic E-state index is -0.656. The van der Waals surface area contributed by atoms with Crippen molar-refractivity contribution in [3.8, 4) is 0 Å². The Morgan fingerprint density at radius 3 is 2.36 bits per heavy atom. The fraction of sp³-hybridized carbons (Fsp3) is 0.857. The first-order chi connectivity index (χ1) is 5.20. The molecule has 2 rings (SSSR count). The lowest BCUT2D eigenvalue weighted by Gasteiger charge is -2.42. The molecule has 0 aromatic rings. The first-order valence-electron chi connectivity index (χ1n) is 3.80. The Morgan fingerprint density at radius 1 is 1.36 bits per heavy atom. The van der Waals surface area contributed by atoms with E-state index in [2.05, 4.69) is 0 Å². The van der Waals surface area contributed by atoms with E-state index in [1.54, 1.807) is 0 Å². The Kier molecular flexibility index (Phi) is 1.32. The minimum Gasteiger partial charge on any atom is -0.393 e. The van der Waals surface area contributed by atoms with Crippen LogP contribution < -0.4 is 0 Å². The van der Waals surface area contributed by atoms with Crippen molar-refractivity contribution in [3.05, 3.63) is 0 Å². The van der Waals surface area contributed by atoms with Gasteiger partial charge >= 0.3 is 6.16 Å². The highest BCUT2D eigenvalue weighted by Gasteiger charge is 2.50. The third-order valence-corrected chi connectivity index (χ3v) is 2.26. The molecule has 4 nitrogen and oxygen atoms in total. The number of hydrogen-bond donors (Lipinski definition) is 1. The van der Waals surface area contributed by atoms with E-state index >= 15 is 0 Å². The summed E-state index contributed by atoms with van der Waals surface area (Å²) in [6.45, 7) is 0. The van der Waals surface area contributed by atoms with Crippen LogP contribution in [0, 0.1) is 0 Å². The highest BCUT2D eigenvalue weighted by atomic mass is 16.9. The molecule has 1 saturated carbocycles. The summed E-state index contributed by atoms with van der Waals surface area (Å²) in [6.07, 6.45) is 1.74. The zero-order valence-electron chi connectivity index (χ0n) is 6.08. The van der Waals surface area contributed by atoms with Crippen LogP contribution in [-0.2, 0) is 9.47 Å². The van der Waals surface area contributed by atoms with Crippen LogP contribution in [-0.4, -0.2) is 23.2 Å². The van der Waals surface area contributed by atoms with Gasteiger partial charge in [0, 0.05) is 12.8 Å². The molecular formula is C7H10O4. The molecule has 62 valence electrons. The molecule has 0 unspecified atom stereocenters. The van der Waals surface area contributed by atoms with Crippen molar-refractivity contribution in [2.75, 3.05) is 0 Å². The number of hydrogen-bond acceptors (Lipinski definition) is 4. The van der Waals surface area contributed by atoms with Gasteiger partial charge in [0.2, 0.25) is 0 Å². The maximum absolute atomic E-state index is 10.3. The molecule has 11 heavy (non-hydrogen) atoms. The Morgan fingerprint density at radius 2 is 1.91 bits per heavy atom. The van der Waals surface area contributed by atoms with Crippen molar-refractivity contribution in [2.24, 2.45) is 0 Å². The third kappa shape index (κ3) is 1.07. The number of ether oxygens (including phenoxy) is 2. The van der Waals surface area contributed by atoms with Crippen LogP contribution in [0.4, 0.5) is 4.79 Å². The van der Waals surface area contributed by atoms with Crippen LogP contribution in [0.1, 0.15) is 25.7 Å². The lowest BCUT2D eigenvalue weighted by Crippen LogP contribution is -2.52. The standard InChI is InChI=1S/C7H10O4/c8-5-1-3-7(4-2-5)10-6(9)11-7/h5,8H,1-4H2. The van der Waals surface area contributed by atoms with E-state index in [1.165, 1.54) is 0 Å². The van der Waals surface area contributed by atoms with Gasteiger partial charge in [-0.1, -0.05) is 0 Å². The van der Waals surface area contributed by atoms with Crippen molar-refractivity contribution in [3.63, 3.8) is 0 Å². The monoisotopic (exact) mass is 158 g/mol. The number of aliphatic hydroxyl groups excluding tert-OH is 1. The van der Waals surface area contributed by atoms with E-state index in [-0.39, 0.29) is 6.10 Å². The van der Waals surface area contributed by atoms with E-state index in [4.69, 9.17) is 14.6 Å². The van der Waals surface area contributed by atoms with Crippen molar-refractivity contribution >= 4 is 6.16 Å². The van der Waals surface area contributed by atoms with Crippen LogP contribution in [0.3, 0.4) is 0 Å². The van der Waals surface area contributed by atoms with Crippen LogP contribution >= 0.6 is 0 Å². The normalized spacial score (nSPS) is 29.0. The van der Waals surface area contributed by atoms with E-state index in [0.29, 0.717) is 25.7 Å². The van der Waals surface area contributed by atoms with Gasteiger partial charge < -0.3 is 14.6 Å². The van der Waals surface area contributed by atoms with Gasteiger partial charge in [-0.2, -0.15) is 0 Å². The van der Waals surface area contributed by atoms with Gasteiger partial charge in [-0.05, 0) is 12.8 Å². The van der Waals surface area contributed by atoms with Crippen molar-refractivity contribution in [1.82, 2.24) is 0 Å². The zero-order valence-corrected chi connectivity index (χ0v) is 6.08. The average molecular weight is 158 g/mol. The number of rotatable bonds is 0. The largest absolute Gasteiger partial charge is 0.514 e. The predicted octanol–water partition coefficient (Wildman–Crippen LogP) is 0.784. The fourth-order valence-electron chi connectivity index (χ4n) is 1.56. The van der Waals surface area contributed by atoms with Gasteiger partial charge in [0.1, 0.15) is 0 Å². The van der Waals surface area contributed by atoms with Crippen molar-refractivity contribution in [2.45, 2.75) is 37.6 Å². The molecule has 1 aliphatic carbocycles. The summed E-state index contributed by atoms with van der Waals surface area (Å²) in [6, 6.07) is 0. The predicted molar refractivity (Wildman–Crippen MR) is 34.8 cm³/mol. The van der Waals surface area contributed by atoms with Gasteiger partial charge in [-0.15, -0.1) is 0 Å². The summed E-state index contributed by atoms with van der Waals surface area (Å²) in [5.41, 5.74) is 0. The molecule has 1 spiro atoms. The number of aliphatic hydroxyl groups is 1. The molecule has 0 bridgehead atoms. The molecule has 2 fully saturated rings. The Hall–Kier alpha value is -0.770.